The Morgan fingerprint density at radius 1 is 1.65 bits per heavy atom. The number of thiocarbonyl (C=S) groups is 1. The number of aryl methyl sites for hydroxylation is 1. The number of nitrogens with zero attached hydrogens (tertiary/aromatic N) is 3. The van der Waals surface area contributed by atoms with E-state index in [1.54, 1.807) is 21.9 Å². The maximum atomic E-state index is 12.0. The van der Waals surface area contributed by atoms with Crippen molar-refractivity contribution in [2.24, 2.45) is 5.73 Å². The molecule has 0 saturated heterocycles. The molecule has 0 bridgehead atoms. The van der Waals surface area contributed by atoms with Crippen molar-refractivity contribution in [2.75, 3.05) is 18.5 Å². The van der Waals surface area contributed by atoms with Crippen LogP contribution in [-0.4, -0.2) is 28.1 Å². The second-order valence-corrected chi connectivity index (χ2v) is 4.41. The predicted molar refractivity (Wildman–Crippen MR) is 73.5 cm³/mol. The normalized spacial score (nSPS) is 10.2. The molecule has 17 heavy (non-hydrogen) atoms. The van der Waals surface area contributed by atoms with Crippen molar-refractivity contribution in [3.63, 3.8) is 0 Å². The minimum atomic E-state index is -0.0696. The predicted octanol–water partition coefficient (Wildman–Crippen LogP) is 0.766. The van der Waals surface area contributed by atoms with Gasteiger partial charge in [-0.1, -0.05) is 19.1 Å². The lowest BCUT2D eigenvalue weighted by Crippen LogP contribution is -2.32. The van der Waals surface area contributed by atoms with E-state index in [1.165, 1.54) is 0 Å². The van der Waals surface area contributed by atoms with Crippen LogP contribution in [0.5, 0.6) is 0 Å². The molecule has 0 radical (unpaired) electrons. The quantitative estimate of drug-likeness (QED) is 0.760. The van der Waals surface area contributed by atoms with Crippen LogP contribution in [0.15, 0.2) is 17.2 Å². The summed E-state index contributed by atoms with van der Waals surface area (Å²) in [4.78, 5) is 18.4. The number of rotatable bonds is 6. The van der Waals surface area contributed by atoms with Crippen LogP contribution < -0.4 is 16.2 Å². The molecule has 0 amide bonds. The molecular formula is C11H18N4OS. The van der Waals surface area contributed by atoms with Gasteiger partial charge in [-0.3, -0.25) is 4.79 Å². The summed E-state index contributed by atoms with van der Waals surface area (Å²) in [6.07, 6.45) is 4.84. The average molecular weight is 254 g/mol. The van der Waals surface area contributed by atoms with Gasteiger partial charge < -0.3 is 15.2 Å². The fourth-order valence-corrected chi connectivity index (χ4v) is 1.59. The summed E-state index contributed by atoms with van der Waals surface area (Å²) in [5.74, 6) is 0.442. The van der Waals surface area contributed by atoms with Gasteiger partial charge in [-0.2, -0.15) is 0 Å². The lowest BCUT2D eigenvalue weighted by atomic mass is 10.4. The first-order valence-electron chi connectivity index (χ1n) is 5.61. The third-order valence-corrected chi connectivity index (χ3v) is 2.62. The van der Waals surface area contributed by atoms with Crippen LogP contribution in [0.1, 0.15) is 19.8 Å². The fourth-order valence-electron chi connectivity index (χ4n) is 1.50. The molecule has 0 aliphatic carbocycles. The van der Waals surface area contributed by atoms with Crippen LogP contribution in [0.3, 0.4) is 0 Å². The molecule has 94 valence electrons. The highest BCUT2D eigenvalue weighted by Crippen LogP contribution is 2.01. The van der Waals surface area contributed by atoms with Crippen molar-refractivity contribution in [3.8, 4) is 0 Å². The lowest BCUT2D eigenvalue weighted by Gasteiger charge is -2.17. The number of aromatic nitrogens is 2. The number of nitrogens with two attached hydrogens (primary N) is 1. The van der Waals surface area contributed by atoms with Gasteiger partial charge in [0.2, 0.25) is 0 Å². The van der Waals surface area contributed by atoms with E-state index in [0.717, 1.165) is 6.42 Å². The Hall–Kier alpha value is -1.43. The first-order valence-corrected chi connectivity index (χ1v) is 6.02. The maximum absolute atomic E-state index is 12.0. The summed E-state index contributed by atoms with van der Waals surface area (Å²) >= 11 is 4.81. The molecule has 0 unspecified atom stereocenters. The van der Waals surface area contributed by atoms with Crippen LogP contribution in [-0.2, 0) is 6.54 Å². The summed E-state index contributed by atoms with van der Waals surface area (Å²) in [5.41, 5.74) is 5.37. The third-order valence-electron chi connectivity index (χ3n) is 2.42. The van der Waals surface area contributed by atoms with Gasteiger partial charge >= 0.3 is 0 Å². The van der Waals surface area contributed by atoms with Crippen LogP contribution in [0.4, 0.5) is 5.82 Å². The summed E-state index contributed by atoms with van der Waals surface area (Å²) in [6.45, 7) is 3.34. The molecule has 0 aliphatic heterocycles. The van der Waals surface area contributed by atoms with Crippen molar-refractivity contribution < 1.29 is 0 Å². The van der Waals surface area contributed by atoms with Crippen molar-refractivity contribution >= 4 is 23.0 Å². The smallest absolute Gasteiger partial charge is 0.293 e. The SMILES string of the molecule is CCCn1ccnc(N(C)CCC(N)=S)c1=O. The number of anilines is 1. The maximum Gasteiger partial charge on any atom is 0.293 e. The van der Waals surface area contributed by atoms with E-state index in [-0.39, 0.29) is 5.56 Å². The van der Waals surface area contributed by atoms with E-state index in [1.807, 2.05) is 14.0 Å². The molecule has 0 saturated carbocycles. The molecule has 1 rings (SSSR count). The Kier molecular flexibility index (Phi) is 5.09. The van der Waals surface area contributed by atoms with Crippen LogP contribution >= 0.6 is 12.2 Å². The second kappa shape index (κ2) is 6.34. The average Bonchev–Trinajstić information content (AvgIpc) is 2.29. The van der Waals surface area contributed by atoms with Crippen molar-refractivity contribution in [2.45, 2.75) is 26.3 Å². The zero-order valence-electron chi connectivity index (χ0n) is 10.2. The highest BCUT2D eigenvalue weighted by atomic mass is 32.1. The van der Waals surface area contributed by atoms with Crippen LogP contribution in [0.25, 0.3) is 0 Å². The van der Waals surface area contributed by atoms with E-state index < -0.39 is 0 Å². The van der Waals surface area contributed by atoms with Gasteiger partial charge in [0.25, 0.3) is 5.56 Å². The molecule has 1 aromatic heterocycles. The topological polar surface area (TPSA) is 64.2 Å². The third kappa shape index (κ3) is 3.81. The minimum absolute atomic E-state index is 0.0696. The van der Waals surface area contributed by atoms with E-state index in [2.05, 4.69) is 4.98 Å². The van der Waals surface area contributed by atoms with Gasteiger partial charge in [-0.25, -0.2) is 4.98 Å². The molecule has 1 heterocycles. The van der Waals surface area contributed by atoms with Gasteiger partial charge in [-0.15, -0.1) is 0 Å². The lowest BCUT2D eigenvalue weighted by molar-refractivity contribution is 0.645. The monoisotopic (exact) mass is 254 g/mol. The summed E-state index contributed by atoms with van der Waals surface area (Å²) < 4.78 is 1.67. The highest BCUT2D eigenvalue weighted by molar-refractivity contribution is 7.80. The van der Waals surface area contributed by atoms with Crippen molar-refractivity contribution in [1.82, 2.24) is 9.55 Å². The molecular weight excluding hydrogens is 236 g/mol. The standard InChI is InChI=1S/C11H18N4OS/c1-3-6-15-8-5-13-10(11(15)16)14(2)7-4-9(12)17/h5,8H,3-4,6-7H2,1-2H3,(H2,12,17). The van der Waals surface area contributed by atoms with E-state index in [9.17, 15) is 4.79 Å². The summed E-state index contributed by atoms with van der Waals surface area (Å²) in [6, 6.07) is 0. The Morgan fingerprint density at radius 3 is 2.94 bits per heavy atom. The van der Waals surface area contributed by atoms with Crippen molar-refractivity contribution in [1.29, 1.82) is 0 Å². The van der Waals surface area contributed by atoms with Crippen LogP contribution in [0.2, 0.25) is 0 Å². The van der Waals surface area contributed by atoms with Crippen LogP contribution in [0, 0.1) is 0 Å². The van der Waals surface area contributed by atoms with E-state index >= 15 is 0 Å². The summed E-state index contributed by atoms with van der Waals surface area (Å²) in [5, 5.41) is 0. The Labute approximate surface area is 106 Å². The molecule has 0 atom stereocenters. The molecule has 0 fully saturated rings. The Balaban J connectivity index is 2.86. The summed E-state index contributed by atoms with van der Waals surface area (Å²) in [7, 11) is 1.82. The number of hydrogen-bond acceptors (Lipinski definition) is 4. The first-order chi connectivity index (χ1) is 8.06. The Bertz CT molecular complexity index is 443. The van der Waals surface area contributed by atoms with Gasteiger partial charge in [0.15, 0.2) is 5.82 Å². The highest BCUT2D eigenvalue weighted by Gasteiger charge is 2.09. The van der Waals surface area contributed by atoms with Gasteiger partial charge in [-0.05, 0) is 6.42 Å². The molecule has 0 aromatic carbocycles. The Morgan fingerprint density at radius 2 is 2.35 bits per heavy atom. The molecule has 0 aliphatic rings. The van der Waals surface area contributed by atoms with Gasteiger partial charge in [0.05, 0.1) is 4.99 Å². The first kappa shape index (κ1) is 13.6. The fraction of sp³-hybridized carbons (Fsp3) is 0.545. The van der Waals surface area contributed by atoms with Crippen molar-refractivity contribution in [3.05, 3.63) is 22.7 Å². The molecule has 1 aromatic rings. The van der Waals surface area contributed by atoms with Gasteiger partial charge in [0.1, 0.15) is 0 Å². The van der Waals surface area contributed by atoms with Gasteiger partial charge in [0, 0.05) is 39.0 Å². The number of hydrogen-bond donors (Lipinski definition) is 1. The second-order valence-electron chi connectivity index (χ2n) is 3.89. The molecule has 5 nitrogen and oxygen atoms in total. The minimum Gasteiger partial charge on any atom is -0.393 e. The zero-order chi connectivity index (χ0) is 12.8. The van der Waals surface area contributed by atoms with E-state index in [4.69, 9.17) is 18.0 Å². The molecule has 0 spiro atoms. The molecule has 6 heteroatoms. The van der Waals surface area contributed by atoms with E-state index in [0.29, 0.717) is 30.3 Å². The molecule has 2 N–H and O–H groups in total. The largest absolute Gasteiger partial charge is 0.393 e. The zero-order valence-corrected chi connectivity index (χ0v) is 11.0.